The van der Waals surface area contributed by atoms with Crippen molar-refractivity contribution in [3.63, 3.8) is 0 Å². The molecule has 1 heterocycles. The summed E-state index contributed by atoms with van der Waals surface area (Å²) in [5.74, 6) is -0.399. The summed E-state index contributed by atoms with van der Waals surface area (Å²) in [6, 6.07) is 15.8. The van der Waals surface area contributed by atoms with Crippen molar-refractivity contribution in [1.82, 2.24) is 0 Å². The van der Waals surface area contributed by atoms with Crippen molar-refractivity contribution in [1.29, 1.82) is 0 Å². The Morgan fingerprint density at radius 1 is 0.640 bits per heavy atom. The van der Waals surface area contributed by atoms with Crippen LogP contribution in [0.1, 0.15) is 88.8 Å². The molecule has 0 N–H and O–H groups in total. The number of fused-ring (bicyclic) bond motifs is 3. The van der Waals surface area contributed by atoms with Crippen LogP contribution < -0.4 is 20.1 Å². The molecule has 0 atom stereocenters. The summed E-state index contributed by atoms with van der Waals surface area (Å²) in [7, 11) is -2.54. The third-order valence-corrected chi connectivity index (χ3v) is 13.1. The average molecular weight is 825 g/mol. The van der Waals surface area contributed by atoms with Crippen LogP contribution in [-0.2, 0) is 40.2 Å². The molecular weight excluding hydrogens is 779 g/mol. The maximum atomic E-state index is 16.1. The lowest BCUT2D eigenvalue weighted by atomic mass is 9.81. The summed E-state index contributed by atoms with van der Waals surface area (Å²) in [5, 5.41) is 1.93. The summed E-state index contributed by atoms with van der Waals surface area (Å²) >= 11 is 7.44. The van der Waals surface area contributed by atoms with Gasteiger partial charge in [-0.3, -0.25) is 14.2 Å². The van der Waals surface area contributed by atoms with Gasteiger partial charge in [-0.1, -0.05) is 97.7 Å². The van der Waals surface area contributed by atoms with Gasteiger partial charge in [-0.15, -0.1) is 0 Å². The van der Waals surface area contributed by atoms with Gasteiger partial charge in [0.1, 0.15) is 11.5 Å². The molecule has 0 unspecified atom stereocenters. The maximum Gasteiger partial charge on any atom is 0.308 e. The molecule has 9 heteroatoms. The molecule has 6 nitrogen and oxygen atoms in total. The maximum absolute atomic E-state index is 16.1. The highest BCUT2D eigenvalue weighted by Gasteiger charge is 2.46. The van der Waals surface area contributed by atoms with E-state index in [-0.39, 0.29) is 10.8 Å². The fourth-order valence-corrected chi connectivity index (χ4v) is 10.9. The van der Waals surface area contributed by atoms with Crippen LogP contribution in [0.25, 0.3) is 33.4 Å². The van der Waals surface area contributed by atoms with Crippen molar-refractivity contribution in [2.75, 3.05) is 7.11 Å². The zero-order chi connectivity index (χ0) is 37.1. The zero-order valence-electron chi connectivity index (χ0n) is 30.7. The Morgan fingerprint density at radius 3 is 1.28 bits per heavy atom. The van der Waals surface area contributed by atoms with Crippen molar-refractivity contribution in [2.24, 2.45) is 0 Å². The van der Waals surface area contributed by atoms with E-state index in [0.717, 1.165) is 44.5 Å². The Labute approximate surface area is 313 Å². The van der Waals surface area contributed by atoms with E-state index in [1.807, 2.05) is 12.1 Å². The van der Waals surface area contributed by atoms with Gasteiger partial charge in [0, 0.05) is 42.7 Å². The van der Waals surface area contributed by atoms with Crippen LogP contribution in [0.15, 0.2) is 48.5 Å². The number of rotatable bonds is 7. The van der Waals surface area contributed by atoms with Crippen molar-refractivity contribution in [3.05, 3.63) is 81.9 Å². The van der Waals surface area contributed by atoms with Gasteiger partial charge in [0.05, 0.1) is 10.6 Å². The minimum absolute atomic E-state index is 0.202. The predicted molar refractivity (Wildman–Crippen MR) is 211 cm³/mol. The quantitative estimate of drug-likeness (QED) is 0.0799. The number of hydrogen-bond acceptors (Lipinski definition) is 6. The number of ether oxygens (including phenoxy) is 2. The van der Waals surface area contributed by atoms with Gasteiger partial charge < -0.3 is 14.0 Å². The highest BCUT2D eigenvalue weighted by atomic mass is 79.9. The van der Waals surface area contributed by atoms with Crippen molar-refractivity contribution in [3.8, 4) is 44.9 Å². The van der Waals surface area contributed by atoms with E-state index in [9.17, 15) is 9.59 Å². The summed E-state index contributed by atoms with van der Waals surface area (Å²) in [4.78, 5) is 25.2. The second-order valence-corrected chi connectivity index (χ2v) is 18.5. The number of carbonyl (C=O) groups excluding carboxylic acids is 2. The number of halogens is 2. The normalized spacial score (nSPS) is 13.5. The van der Waals surface area contributed by atoms with Crippen LogP contribution in [0, 0.1) is 13.8 Å². The third kappa shape index (κ3) is 6.69. The molecule has 0 aliphatic carbocycles. The van der Waals surface area contributed by atoms with Gasteiger partial charge in [0.25, 0.3) is 7.37 Å². The number of carbonyl (C=O) groups is 2. The Morgan fingerprint density at radius 2 is 1.00 bits per heavy atom. The van der Waals surface area contributed by atoms with E-state index >= 15 is 4.57 Å². The lowest BCUT2D eigenvalue weighted by Crippen LogP contribution is -2.20. The Balaban J connectivity index is 2.01. The van der Waals surface area contributed by atoms with Crippen LogP contribution in [0.3, 0.4) is 0 Å². The minimum Gasteiger partial charge on any atom is -0.426 e. The second kappa shape index (κ2) is 13.8. The summed E-state index contributed by atoms with van der Waals surface area (Å²) in [5.41, 5.74) is 9.92. The molecule has 0 saturated heterocycles. The highest BCUT2D eigenvalue weighted by molar-refractivity contribution is 9.08. The van der Waals surface area contributed by atoms with E-state index in [1.54, 1.807) is 12.1 Å². The van der Waals surface area contributed by atoms with Gasteiger partial charge in [0.15, 0.2) is 0 Å². The van der Waals surface area contributed by atoms with E-state index < -0.39 is 19.3 Å². The van der Waals surface area contributed by atoms with E-state index in [1.165, 1.54) is 21.0 Å². The first-order valence-electron chi connectivity index (χ1n) is 16.6. The van der Waals surface area contributed by atoms with Crippen LogP contribution in [0.2, 0.25) is 0 Å². The number of aryl methyl sites for hydroxylation is 2. The molecule has 4 aromatic rings. The molecule has 4 aromatic carbocycles. The van der Waals surface area contributed by atoms with Crippen molar-refractivity contribution < 1.29 is 28.2 Å². The first-order valence-corrected chi connectivity index (χ1v) is 20.4. The zero-order valence-corrected chi connectivity index (χ0v) is 34.8. The molecule has 0 spiro atoms. The number of esters is 2. The van der Waals surface area contributed by atoms with Gasteiger partial charge in [-0.25, -0.2) is 0 Å². The molecule has 5 rings (SSSR count). The monoisotopic (exact) mass is 822 g/mol. The van der Waals surface area contributed by atoms with E-state index in [2.05, 4.69) is 112 Å². The molecule has 1 aliphatic heterocycles. The fourth-order valence-electron chi connectivity index (χ4n) is 6.79. The molecule has 0 amide bonds. The predicted octanol–water partition coefficient (Wildman–Crippen LogP) is 10.7. The largest absolute Gasteiger partial charge is 0.426 e. The minimum atomic E-state index is -3.99. The average Bonchev–Trinajstić information content (AvgIpc) is 3.27. The van der Waals surface area contributed by atoms with Crippen LogP contribution in [0.4, 0.5) is 0 Å². The molecule has 264 valence electrons. The van der Waals surface area contributed by atoms with Crippen LogP contribution in [0.5, 0.6) is 11.5 Å². The van der Waals surface area contributed by atoms with Crippen LogP contribution in [-0.4, -0.2) is 19.0 Å². The van der Waals surface area contributed by atoms with Gasteiger partial charge in [-0.2, -0.15) is 0 Å². The van der Waals surface area contributed by atoms with E-state index in [0.29, 0.717) is 55.0 Å². The lowest BCUT2D eigenvalue weighted by molar-refractivity contribution is -0.132. The Kier molecular flexibility index (Phi) is 10.6. The Hall–Kier alpha value is -3.03. The first-order chi connectivity index (χ1) is 23.3. The van der Waals surface area contributed by atoms with E-state index in [4.69, 9.17) is 14.0 Å². The number of alkyl halides is 2. The number of hydrogen-bond donors (Lipinski definition) is 0. The van der Waals surface area contributed by atoms with Crippen molar-refractivity contribution in [2.45, 2.75) is 90.7 Å². The van der Waals surface area contributed by atoms with Gasteiger partial charge in [0.2, 0.25) is 0 Å². The number of benzene rings is 4. The smallest absolute Gasteiger partial charge is 0.308 e. The molecule has 0 radical (unpaired) electrons. The molecular formula is C41H45Br2O6P. The standard InChI is InChI=1S/C41H45Br2O6P/c1-22-16-26(40(5,6)7)18-30(32(22)20-42)36-34(48-24(3)44)14-12-28-29-13-15-35(49-25(4)45)37(39(29)50(46,47-11)38(28)36)31-19-27(41(8,9)10)17-23(2)33(31)21-43/h12-19H,20-21H2,1-11H3. The van der Waals surface area contributed by atoms with Gasteiger partial charge >= 0.3 is 11.9 Å². The molecule has 0 fully saturated rings. The fraction of sp³-hybridized carbons (Fsp3) is 0.366. The molecule has 0 bridgehead atoms. The second-order valence-electron chi connectivity index (χ2n) is 15.0. The summed E-state index contributed by atoms with van der Waals surface area (Å²) in [6.45, 7) is 19.7. The summed E-state index contributed by atoms with van der Waals surface area (Å²) in [6.07, 6.45) is 0. The Bertz CT molecular complexity index is 1960. The van der Waals surface area contributed by atoms with Crippen molar-refractivity contribution >= 4 is 61.8 Å². The first kappa shape index (κ1) is 38.2. The molecule has 50 heavy (non-hydrogen) atoms. The van der Waals surface area contributed by atoms with Gasteiger partial charge in [-0.05, 0) is 105 Å². The SMILES string of the molecule is COP1(=O)c2c(ccc(OC(C)=O)c2-c2cc(C(C)(C)C)cc(C)c2CBr)-c2ccc(OC(C)=O)c(-c3cc(C(C)(C)C)cc(C)c3CBr)c21. The molecule has 0 aromatic heterocycles. The highest BCUT2D eigenvalue weighted by Crippen LogP contribution is 2.61. The topological polar surface area (TPSA) is 78.9 Å². The molecule has 1 aliphatic rings. The molecule has 0 saturated carbocycles. The lowest BCUT2D eigenvalue weighted by Gasteiger charge is -2.27. The summed E-state index contributed by atoms with van der Waals surface area (Å²) < 4.78 is 34.2. The third-order valence-electron chi connectivity index (χ3n) is 9.41. The van der Waals surface area contributed by atoms with Crippen LogP contribution >= 0.6 is 39.2 Å².